The predicted octanol–water partition coefficient (Wildman–Crippen LogP) is 3.83. The molecule has 1 aliphatic heterocycles. The molecule has 1 aliphatic rings. The van der Waals surface area contributed by atoms with Crippen LogP contribution in [0.2, 0.25) is 5.02 Å². The highest BCUT2D eigenvalue weighted by molar-refractivity contribution is 6.31. The minimum Gasteiger partial charge on any atom is -0.385 e. The molecule has 1 unspecified atom stereocenters. The van der Waals surface area contributed by atoms with E-state index in [0.29, 0.717) is 10.6 Å². The highest BCUT2D eigenvalue weighted by Gasteiger charge is 2.26. The van der Waals surface area contributed by atoms with Crippen molar-refractivity contribution in [1.29, 1.82) is 0 Å². The van der Waals surface area contributed by atoms with Gasteiger partial charge in [0.25, 0.3) is 0 Å². The Kier molecular flexibility index (Phi) is 6.65. The molecule has 1 amide bonds. The van der Waals surface area contributed by atoms with Crippen molar-refractivity contribution in [3.05, 3.63) is 34.6 Å². The molecule has 22 heavy (non-hydrogen) atoms. The van der Waals surface area contributed by atoms with Crippen LogP contribution in [0.5, 0.6) is 0 Å². The molecule has 0 saturated carbocycles. The minimum absolute atomic E-state index is 0.0793. The molecular weight excluding hydrogens is 305 g/mol. The van der Waals surface area contributed by atoms with E-state index in [9.17, 15) is 9.18 Å². The van der Waals surface area contributed by atoms with E-state index in [0.717, 1.165) is 38.8 Å². The summed E-state index contributed by atoms with van der Waals surface area (Å²) >= 11 is 6.02. The number of ether oxygens (including phenoxy) is 1. The molecule has 1 aromatic rings. The van der Waals surface area contributed by atoms with Gasteiger partial charge in [-0.15, -0.1) is 0 Å². The molecule has 2 rings (SSSR count). The van der Waals surface area contributed by atoms with Crippen LogP contribution in [-0.2, 0) is 16.0 Å². The fourth-order valence-corrected chi connectivity index (χ4v) is 3.26. The second-order valence-electron chi connectivity index (χ2n) is 5.78. The largest absolute Gasteiger partial charge is 0.385 e. The standard InChI is InChI=1S/C17H23ClFNO2/c1-22-10-4-6-15-5-2-3-9-20(15)17(21)11-13-7-8-14(19)12-16(13)18/h7-8,12,15H,2-6,9-11H2,1H3. The third-order valence-electron chi connectivity index (χ3n) is 4.19. The van der Waals surface area contributed by atoms with Gasteiger partial charge in [-0.2, -0.15) is 0 Å². The summed E-state index contributed by atoms with van der Waals surface area (Å²) in [6, 6.07) is 4.49. The van der Waals surface area contributed by atoms with Crippen molar-refractivity contribution >= 4 is 17.5 Å². The number of methoxy groups -OCH3 is 1. The van der Waals surface area contributed by atoms with E-state index < -0.39 is 0 Å². The zero-order valence-corrected chi connectivity index (χ0v) is 13.7. The summed E-state index contributed by atoms with van der Waals surface area (Å²) in [4.78, 5) is 14.6. The second kappa shape index (κ2) is 8.49. The van der Waals surface area contributed by atoms with E-state index in [2.05, 4.69) is 0 Å². The third-order valence-corrected chi connectivity index (χ3v) is 4.54. The molecular formula is C17H23ClFNO2. The van der Waals surface area contributed by atoms with E-state index in [-0.39, 0.29) is 24.2 Å². The quantitative estimate of drug-likeness (QED) is 0.743. The molecule has 1 aromatic carbocycles. The van der Waals surface area contributed by atoms with Crippen molar-refractivity contribution in [2.75, 3.05) is 20.3 Å². The summed E-state index contributed by atoms with van der Waals surface area (Å²) in [7, 11) is 1.69. The molecule has 1 heterocycles. The normalized spacial score (nSPS) is 18.5. The Labute approximate surface area is 136 Å². The lowest BCUT2D eigenvalue weighted by Crippen LogP contribution is -2.44. The molecule has 0 radical (unpaired) electrons. The Bertz CT molecular complexity index is 509. The molecule has 5 heteroatoms. The first-order valence-electron chi connectivity index (χ1n) is 7.84. The van der Waals surface area contributed by atoms with Crippen LogP contribution in [0.4, 0.5) is 4.39 Å². The van der Waals surface area contributed by atoms with Crippen LogP contribution >= 0.6 is 11.6 Å². The molecule has 1 saturated heterocycles. The molecule has 3 nitrogen and oxygen atoms in total. The van der Waals surface area contributed by atoms with Gasteiger partial charge >= 0.3 is 0 Å². The van der Waals surface area contributed by atoms with Crippen LogP contribution in [-0.4, -0.2) is 37.1 Å². The number of hydrogen-bond acceptors (Lipinski definition) is 2. The minimum atomic E-state index is -0.378. The van der Waals surface area contributed by atoms with Gasteiger partial charge in [0, 0.05) is 31.3 Å². The number of benzene rings is 1. The van der Waals surface area contributed by atoms with Gasteiger partial charge < -0.3 is 9.64 Å². The lowest BCUT2D eigenvalue weighted by atomic mass is 9.97. The van der Waals surface area contributed by atoms with Gasteiger partial charge in [0.1, 0.15) is 5.82 Å². The van der Waals surface area contributed by atoms with Crippen LogP contribution < -0.4 is 0 Å². The van der Waals surface area contributed by atoms with Gasteiger partial charge in [0.05, 0.1) is 6.42 Å². The fourth-order valence-electron chi connectivity index (χ4n) is 3.02. The first-order valence-corrected chi connectivity index (χ1v) is 8.22. The van der Waals surface area contributed by atoms with E-state index in [1.807, 2.05) is 4.90 Å². The molecule has 0 N–H and O–H groups in total. The first kappa shape index (κ1) is 17.2. The summed E-state index contributed by atoms with van der Waals surface area (Å²) < 4.78 is 18.2. The predicted molar refractivity (Wildman–Crippen MR) is 85.6 cm³/mol. The lowest BCUT2D eigenvalue weighted by Gasteiger charge is -2.36. The number of rotatable bonds is 6. The molecule has 1 atom stereocenters. The zero-order valence-electron chi connectivity index (χ0n) is 13.0. The Hall–Kier alpha value is -1.13. The van der Waals surface area contributed by atoms with Crippen LogP contribution in [0.25, 0.3) is 0 Å². The van der Waals surface area contributed by atoms with Gasteiger partial charge in [-0.1, -0.05) is 17.7 Å². The summed E-state index contributed by atoms with van der Waals surface area (Å²) in [5, 5.41) is 0.321. The molecule has 0 aliphatic carbocycles. The number of hydrogen-bond donors (Lipinski definition) is 0. The number of carbonyl (C=O) groups excluding carboxylic acids is 1. The van der Waals surface area contributed by atoms with Crippen molar-refractivity contribution in [1.82, 2.24) is 4.90 Å². The van der Waals surface area contributed by atoms with E-state index in [1.165, 1.54) is 18.6 Å². The van der Waals surface area contributed by atoms with Gasteiger partial charge in [-0.05, 0) is 49.8 Å². The van der Waals surface area contributed by atoms with Crippen LogP contribution in [0.15, 0.2) is 18.2 Å². The van der Waals surface area contributed by atoms with E-state index in [4.69, 9.17) is 16.3 Å². The van der Waals surface area contributed by atoms with Gasteiger partial charge in [-0.25, -0.2) is 4.39 Å². The Balaban J connectivity index is 1.99. The maximum atomic E-state index is 13.1. The van der Waals surface area contributed by atoms with E-state index >= 15 is 0 Å². The van der Waals surface area contributed by atoms with Crippen LogP contribution in [0.3, 0.4) is 0 Å². The summed E-state index contributed by atoms with van der Waals surface area (Å²) in [5.41, 5.74) is 0.689. The second-order valence-corrected chi connectivity index (χ2v) is 6.19. The Morgan fingerprint density at radius 3 is 3.00 bits per heavy atom. The van der Waals surface area contributed by atoms with Crippen molar-refractivity contribution < 1.29 is 13.9 Å². The SMILES string of the molecule is COCCCC1CCCCN1C(=O)Cc1ccc(F)cc1Cl. The topological polar surface area (TPSA) is 29.5 Å². The molecule has 0 spiro atoms. The first-order chi connectivity index (χ1) is 10.6. The summed E-state index contributed by atoms with van der Waals surface area (Å²) in [6.45, 7) is 1.53. The molecule has 1 fully saturated rings. The van der Waals surface area contributed by atoms with Gasteiger partial charge in [0.15, 0.2) is 0 Å². The maximum Gasteiger partial charge on any atom is 0.227 e. The van der Waals surface area contributed by atoms with Gasteiger partial charge in [-0.3, -0.25) is 4.79 Å². The molecule has 122 valence electrons. The highest BCUT2D eigenvalue weighted by Crippen LogP contribution is 2.24. The number of carbonyl (C=O) groups is 1. The van der Waals surface area contributed by atoms with Crippen molar-refractivity contribution in [3.8, 4) is 0 Å². The van der Waals surface area contributed by atoms with Crippen LogP contribution in [0, 0.1) is 5.82 Å². The van der Waals surface area contributed by atoms with Crippen molar-refractivity contribution in [2.24, 2.45) is 0 Å². The number of piperidine rings is 1. The van der Waals surface area contributed by atoms with Crippen LogP contribution in [0.1, 0.15) is 37.7 Å². The monoisotopic (exact) mass is 327 g/mol. The molecule has 0 bridgehead atoms. The zero-order chi connectivity index (χ0) is 15.9. The number of halogens is 2. The maximum absolute atomic E-state index is 13.1. The summed E-state index contributed by atoms with van der Waals surface area (Å²) in [5.74, 6) is -0.299. The average Bonchev–Trinajstić information content (AvgIpc) is 2.51. The smallest absolute Gasteiger partial charge is 0.227 e. The number of nitrogens with zero attached hydrogens (tertiary/aromatic N) is 1. The third kappa shape index (κ3) is 4.68. The highest BCUT2D eigenvalue weighted by atomic mass is 35.5. The van der Waals surface area contributed by atoms with Crippen molar-refractivity contribution in [2.45, 2.75) is 44.6 Å². The average molecular weight is 328 g/mol. The fraction of sp³-hybridized carbons (Fsp3) is 0.588. The Morgan fingerprint density at radius 1 is 1.45 bits per heavy atom. The summed E-state index contributed by atoms with van der Waals surface area (Å²) in [6.07, 6.45) is 5.42. The van der Waals surface area contributed by atoms with E-state index in [1.54, 1.807) is 13.2 Å². The molecule has 0 aromatic heterocycles. The number of likely N-dealkylation sites (tertiary alicyclic amines) is 1. The van der Waals surface area contributed by atoms with Gasteiger partial charge in [0.2, 0.25) is 5.91 Å². The Morgan fingerprint density at radius 2 is 2.27 bits per heavy atom. The van der Waals surface area contributed by atoms with Crippen molar-refractivity contribution in [3.63, 3.8) is 0 Å². The lowest BCUT2D eigenvalue weighted by molar-refractivity contribution is -0.134. The number of amides is 1.